The molecule has 3 nitrogen and oxygen atoms in total. The van der Waals surface area contributed by atoms with Gasteiger partial charge in [0.1, 0.15) is 5.75 Å². The van der Waals surface area contributed by atoms with Crippen LogP contribution in [-0.4, -0.2) is 16.2 Å². The van der Waals surface area contributed by atoms with Gasteiger partial charge in [0.2, 0.25) is 0 Å². The topological polar surface area (TPSA) is 57.5 Å². The highest BCUT2D eigenvalue weighted by Gasteiger charge is 2.11. The molecule has 1 rings (SSSR count). The maximum atomic E-state index is 10.4. The van der Waals surface area contributed by atoms with Gasteiger partial charge in [0.05, 0.1) is 15.6 Å². The normalized spacial score (nSPS) is 9.83. The van der Waals surface area contributed by atoms with Crippen molar-refractivity contribution in [3.63, 3.8) is 0 Å². The molecule has 2 N–H and O–H groups in total. The first-order chi connectivity index (χ1) is 5.52. The van der Waals surface area contributed by atoms with Gasteiger partial charge in [-0.1, -0.05) is 23.2 Å². The number of phenols is 1. The van der Waals surface area contributed by atoms with Crippen molar-refractivity contribution in [2.24, 2.45) is 0 Å². The summed E-state index contributed by atoms with van der Waals surface area (Å²) in [6.45, 7) is 0. The quantitative estimate of drug-likeness (QED) is 0.743. The summed E-state index contributed by atoms with van der Waals surface area (Å²) in [4.78, 5) is 10.4. The molecule has 0 fully saturated rings. The fourth-order valence-electron chi connectivity index (χ4n) is 0.701. The van der Waals surface area contributed by atoms with Gasteiger partial charge in [-0.2, -0.15) is 0 Å². The summed E-state index contributed by atoms with van der Waals surface area (Å²) in [5.74, 6) is -1.49. The lowest BCUT2D eigenvalue weighted by Crippen LogP contribution is -1.96. The summed E-state index contributed by atoms with van der Waals surface area (Å²) >= 11 is 11.0. The van der Waals surface area contributed by atoms with E-state index in [1.165, 1.54) is 6.07 Å². The number of phenolic OH excluding ortho intramolecular Hbond substituents is 1. The standard InChI is InChI=1S/C7H4Cl2O3/c8-4-2-5(9)6(10)1-3(4)7(11)12/h1-2,10H,(H,11,12). The Balaban J connectivity index is 3.33. The minimum Gasteiger partial charge on any atom is -0.506 e. The van der Waals surface area contributed by atoms with Gasteiger partial charge >= 0.3 is 5.97 Å². The number of hydrogen-bond acceptors (Lipinski definition) is 2. The van der Waals surface area contributed by atoms with Crippen LogP contribution >= 0.6 is 23.2 Å². The molecular formula is C7H4Cl2O3. The molecule has 0 aliphatic heterocycles. The van der Waals surface area contributed by atoms with Gasteiger partial charge in [-0.25, -0.2) is 4.79 Å². The van der Waals surface area contributed by atoms with Crippen molar-refractivity contribution in [3.8, 4) is 5.75 Å². The lowest BCUT2D eigenvalue weighted by atomic mass is 10.2. The van der Waals surface area contributed by atoms with Crippen LogP contribution in [0.1, 0.15) is 10.4 Å². The molecule has 1 aromatic carbocycles. The molecule has 0 spiro atoms. The summed E-state index contributed by atoms with van der Waals surface area (Å²) in [5, 5.41) is 17.6. The van der Waals surface area contributed by atoms with E-state index in [0.29, 0.717) is 0 Å². The minimum absolute atomic E-state index is 0.00491. The van der Waals surface area contributed by atoms with Crippen LogP contribution in [0.25, 0.3) is 0 Å². The number of benzene rings is 1. The second kappa shape index (κ2) is 3.21. The third kappa shape index (κ3) is 1.62. The first-order valence-electron chi connectivity index (χ1n) is 2.93. The number of carboxylic acid groups (broad SMARTS) is 1. The molecule has 5 heteroatoms. The van der Waals surface area contributed by atoms with E-state index in [4.69, 9.17) is 33.4 Å². The van der Waals surface area contributed by atoms with Crippen LogP contribution in [0.2, 0.25) is 10.0 Å². The third-order valence-corrected chi connectivity index (χ3v) is 1.88. The number of halogens is 2. The van der Waals surface area contributed by atoms with Gasteiger partial charge in [-0.15, -0.1) is 0 Å². The van der Waals surface area contributed by atoms with E-state index in [9.17, 15) is 4.79 Å². The van der Waals surface area contributed by atoms with Crippen molar-refractivity contribution in [3.05, 3.63) is 27.7 Å². The Kier molecular flexibility index (Phi) is 2.45. The molecule has 0 radical (unpaired) electrons. The molecule has 1 aromatic rings. The summed E-state index contributed by atoms with van der Waals surface area (Å²) in [7, 11) is 0. The van der Waals surface area contributed by atoms with Crippen LogP contribution in [0.3, 0.4) is 0 Å². The SMILES string of the molecule is O=C(O)c1cc(O)c(Cl)cc1Cl. The number of carboxylic acids is 1. The van der Waals surface area contributed by atoms with Gasteiger partial charge in [-0.05, 0) is 12.1 Å². The molecular weight excluding hydrogens is 203 g/mol. The van der Waals surface area contributed by atoms with E-state index < -0.39 is 5.97 Å². The Morgan fingerprint density at radius 1 is 1.25 bits per heavy atom. The van der Waals surface area contributed by atoms with Crippen molar-refractivity contribution < 1.29 is 15.0 Å². The Labute approximate surface area is 78.2 Å². The van der Waals surface area contributed by atoms with Gasteiger partial charge in [0.15, 0.2) is 0 Å². The predicted molar refractivity (Wildman–Crippen MR) is 45.1 cm³/mol. The summed E-state index contributed by atoms with van der Waals surface area (Å²) in [6.07, 6.45) is 0. The Hall–Kier alpha value is -0.930. The number of rotatable bonds is 1. The van der Waals surface area contributed by atoms with Gasteiger partial charge in [0, 0.05) is 0 Å². The molecule has 0 aromatic heterocycles. The molecule has 0 bridgehead atoms. The number of hydrogen-bond donors (Lipinski definition) is 2. The average molecular weight is 207 g/mol. The molecule has 0 amide bonds. The maximum Gasteiger partial charge on any atom is 0.337 e. The highest BCUT2D eigenvalue weighted by molar-refractivity contribution is 6.37. The average Bonchev–Trinajstić information content (AvgIpc) is 1.96. The third-order valence-electron chi connectivity index (χ3n) is 1.27. The lowest BCUT2D eigenvalue weighted by Gasteiger charge is -2.00. The van der Waals surface area contributed by atoms with E-state index in [-0.39, 0.29) is 21.4 Å². The van der Waals surface area contributed by atoms with Crippen molar-refractivity contribution in [1.82, 2.24) is 0 Å². The molecule has 0 aliphatic rings. The Morgan fingerprint density at radius 3 is 2.33 bits per heavy atom. The molecule has 12 heavy (non-hydrogen) atoms. The molecule has 0 saturated heterocycles. The first-order valence-corrected chi connectivity index (χ1v) is 3.69. The summed E-state index contributed by atoms with van der Waals surface area (Å²) in [5.41, 5.74) is -0.168. The fraction of sp³-hybridized carbons (Fsp3) is 0. The second-order valence-electron chi connectivity index (χ2n) is 2.09. The number of carbonyl (C=O) groups is 1. The van der Waals surface area contributed by atoms with Crippen LogP contribution < -0.4 is 0 Å². The van der Waals surface area contributed by atoms with E-state index >= 15 is 0 Å². The van der Waals surface area contributed by atoms with Crippen LogP contribution in [0.15, 0.2) is 12.1 Å². The smallest absolute Gasteiger partial charge is 0.337 e. The Bertz CT molecular complexity index is 336. The number of aromatic hydroxyl groups is 1. The van der Waals surface area contributed by atoms with Crippen LogP contribution in [0.5, 0.6) is 5.75 Å². The minimum atomic E-state index is -1.20. The van der Waals surface area contributed by atoms with Crippen molar-refractivity contribution in [2.45, 2.75) is 0 Å². The molecule has 0 aliphatic carbocycles. The zero-order valence-electron chi connectivity index (χ0n) is 5.71. The largest absolute Gasteiger partial charge is 0.506 e. The maximum absolute atomic E-state index is 10.4. The van der Waals surface area contributed by atoms with E-state index in [2.05, 4.69) is 0 Å². The molecule has 0 atom stereocenters. The van der Waals surface area contributed by atoms with Crippen LogP contribution in [0, 0.1) is 0 Å². The second-order valence-corrected chi connectivity index (χ2v) is 2.90. The molecule has 0 unspecified atom stereocenters. The van der Waals surface area contributed by atoms with Gasteiger partial charge in [0.25, 0.3) is 0 Å². The van der Waals surface area contributed by atoms with Crippen molar-refractivity contribution >= 4 is 29.2 Å². The molecule has 0 saturated carbocycles. The van der Waals surface area contributed by atoms with Crippen LogP contribution in [0.4, 0.5) is 0 Å². The van der Waals surface area contributed by atoms with Crippen LogP contribution in [-0.2, 0) is 0 Å². The van der Waals surface area contributed by atoms with E-state index in [1.807, 2.05) is 0 Å². The number of aromatic carboxylic acids is 1. The van der Waals surface area contributed by atoms with E-state index in [0.717, 1.165) is 6.07 Å². The predicted octanol–water partition coefficient (Wildman–Crippen LogP) is 2.40. The lowest BCUT2D eigenvalue weighted by molar-refractivity contribution is 0.0696. The summed E-state index contributed by atoms with van der Waals surface area (Å²) in [6, 6.07) is 2.19. The zero-order chi connectivity index (χ0) is 9.30. The van der Waals surface area contributed by atoms with Gasteiger partial charge in [-0.3, -0.25) is 0 Å². The highest BCUT2D eigenvalue weighted by atomic mass is 35.5. The van der Waals surface area contributed by atoms with Crippen molar-refractivity contribution in [2.75, 3.05) is 0 Å². The highest BCUT2D eigenvalue weighted by Crippen LogP contribution is 2.29. The summed E-state index contributed by atoms with van der Waals surface area (Å²) < 4.78 is 0. The van der Waals surface area contributed by atoms with E-state index in [1.54, 1.807) is 0 Å². The molecule has 0 heterocycles. The first kappa shape index (κ1) is 9.16. The fourth-order valence-corrected chi connectivity index (χ4v) is 1.17. The Morgan fingerprint density at radius 2 is 1.83 bits per heavy atom. The zero-order valence-corrected chi connectivity index (χ0v) is 7.23. The monoisotopic (exact) mass is 206 g/mol. The van der Waals surface area contributed by atoms with Crippen molar-refractivity contribution in [1.29, 1.82) is 0 Å². The molecule has 64 valence electrons. The van der Waals surface area contributed by atoms with Gasteiger partial charge < -0.3 is 10.2 Å².